The second kappa shape index (κ2) is 5.47. The Morgan fingerprint density at radius 3 is 2.87 bits per heavy atom. The minimum atomic E-state index is -0.353. The number of nitrogens with zero attached hydrogens (tertiary/aromatic N) is 1. The quantitative estimate of drug-likeness (QED) is 0.586. The summed E-state index contributed by atoms with van der Waals surface area (Å²) in [5.74, 6) is -0.353. The number of hydrogen-bond acceptors (Lipinski definition) is 3. The average molecular weight is 380 g/mol. The lowest BCUT2D eigenvalue weighted by atomic mass is 10.1. The Morgan fingerprint density at radius 2 is 2.33 bits per heavy atom. The van der Waals surface area contributed by atoms with Crippen LogP contribution in [0.25, 0.3) is 0 Å². The fraction of sp³-hybridized carbons (Fsp3) is 0.200. The lowest BCUT2D eigenvalue weighted by Crippen LogP contribution is -2.07. The van der Waals surface area contributed by atoms with Crippen LogP contribution in [-0.4, -0.2) is 13.1 Å². The SMILES string of the molecule is COC(=O)Cc1c(C#N)ccc(I)c1Br. The Morgan fingerprint density at radius 1 is 1.67 bits per heavy atom. The number of hydrogen-bond donors (Lipinski definition) is 0. The predicted molar refractivity (Wildman–Crippen MR) is 67.3 cm³/mol. The van der Waals surface area contributed by atoms with Crippen LogP contribution in [0, 0.1) is 14.9 Å². The molecule has 0 aliphatic rings. The zero-order valence-corrected chi connectivity index (χ0v) is 11.6. The highest BCUT2D eigenvalue weighted by Gasteiger charge is 2.13. The van der Waals surface area contributed by atoms with Gasteiger partial charge in [-0.2, -0.15) is 5.26 Å². The summed E-state index contributed by atoms with van der Waals surface area (Å²) in [4.78, 5) is 11.2. The van der Waals surface area contributed by atoms with E-state index in [0.29, 0.717) is 11.1 Å². The van der Waals surface area contributed by atoms with E-state index in [1.54, 1.807) is 6.07 Å². The van der Waals surface area contributed by atoms with E-state index in [2.05, 4.69) is 49.3 Å². The molecule has 0 unspecified atom stereocenters. The first-order chi connectivity index (χ1) is 7.10. The molecular weight excluding hydrogens is 373 g/mol. The van der Waals surface area contributed by atoms with E-state index in [4.69, 9.17) is 5.26 Å². The number of esters is 1. The standard InChI is InChI=1S/C10H7BrINO2/c1-15-9(14)4-7-6(5-13)2-3-8(12)10(7)11/h2-3H,4H2,1H3. The van der Waals surface area contributed by atoms with Gasteiger partial charge in [0, 0.05) is 8.04 Å². The number of ether oxygens (including phenoxy) is 1. The highest BCUT2D eigenvalue weighted by molar-refractivity contribution is 14.1. The van der Waals surface area contributed by atoms with Gasteiger partial charge in [-0.15, -0.1) is 0 Å². The van der Waals surface area contributed by atoms with Crippen molar-refractivity contribution in [2.45, 2.75) is 6.42 Å². The van der Waals surface area contributed by atoms with Gasteiger partial charge in [-0.05, 0) is 56.2 Å². The molecule has 1 rings (SSSR count). The van der Waals surface area contributed by atoms with E-state index >= 15 is 0 Å². The maximum Gasteiger partial charge on any atom is 0.310 e. The van der Waals surface area contributed by atoms with Crippen LogP contribution in [0.2, 0.25) is 0 Å². The van der Waals surface area contributed by atoms with Crippen LogP contribution in [0.1, 0.15) is 11.1 Å². The Labute approximate surface area is 110 Å². The molecule has 0 radical (unpaired) electrons. The summed E-state index contributed by atoms with van der Waals surface area (Å²) in [5, 5.41) is 8.89. The van der Waals surface area contributed by atoms with E-state index < -0.39 is 0 Å². The molecule has 0 amide bonds. The van der Waals surface area contributed by atoms with E-state index in [1.165, 1.54) is 7.11 Å². The second-order valence-electron chi connectivity index (χ2n) is 2.75. The molecule has 0 fully saturated rings. The van der Waals surface area contributed by atoms with Crippen molar-refractivity contribution in [2.24, 2.45) is 0 Å². The monoisotopic (exact) mass is 379 g/mol. The number of methoxy groups -OCH3 is 1. The molecule has 0 aliphatic carbocycles. The first kappa shape index (κ1) is 12.5. The van der Waals surface area contributed by atoms with Crippen molar-refractivity contribution in [1.82, 2.24) is 0 Å². The van der Waals surface area contributed by atoms with Gasteiger partial charge in [0.2, 0.25) is 0 Å². The third-order valence-electron chi connectivity index (χ3n) is 1.87. The van der Waals surface area contributed by atoms with Gasteiger partial charge in [-0.25, -0.2) is 0 Å². The van der Waals surface area contributed by atoms with Crippen LogP contribution < -0.4 is 0 Å². The van der Waals surface area contributed by atoms with Crippen LogP contribution in [-0.2, 0) is 16.0 Å². The number of carbonyl (C=O) groups excluding carboxylic acids is 1. The summed E-state index contributed by atoms with van der Waals surface area (Å²) < 4.78 is 6.33. The van der Waals surface area contributed by atoms with Crippen molar-refractivity contribution in [3.8, 4) is 6.07 Å². The largest absolute Gasteiger partial charge is 0.469 e. The third kappa shape index (κ3) is 2.92. The summed E-state index contributed by atoms with van der Waals surface area (Å²) in [6.45, 7) is 0. The maximum atomic E-state index is 11.2. The highest BCUT2D eigenvalue weighted by atomic mass is 127. The normalized spacial score (nSPS) is 9.47. The van der Waals surface area contributed by atoms with Crippen LogP contribution >= 0.6 is 38.5 Å². The average Bonchev–Trinajstić information content (AvgIpc) is 2.25. The Hall–Kier alpha value is -0.610. The second-order valence-corrected chi connectivity index (χ2v) is 4.71. The van der Waals surface area contributed by atoms with Gasteiger partial charge in [0.15, 0.2) is 0 Å². The number of nitriles is 1. The van der Waals surface area contributed by atoms with Gasteiger partial charge >= 0.3 is 5.97 Å². The van der Waals surface area contributed by atoms with Crippen molar-refractivity contribution in [2.75, 3.05) is 7.11 Å². The fourth-order valence-electron chi connectivity index (χ4n) is 1.09. The maximum absolute atomic E-state index is 11.2. The minimum absolute atomic E-state index is 0.108. The van der Waals surface area contributed by atoms with Crippen LogP contribution in [0.15, 0.2) is 16.6 Å². The summed E-state index contributed by atoms with van der Waals surface area (Å²) in [7, 11) is 1.33. The van der Waals surface area contributed by atoms with Gasteiger partial charge in [0.1, 0.15) is 0 Å². The Kier molecular flexibility index (Phi) is 4.54. The molecule has 5 heteroatoms. The summed E-state index contributed by atoms with van der Waals surface area (Å²) in [6, 6.07) is 5.57. The molecular formula is C10H7BrINO2. The third-order valence-corrected chi connectivity index (χ3v) is 4.41. The molecule has 0 spiro atoms. The van der Waals surface area contributed by atoms with Crippen LogP contribution in [0.3, 0.4) is 0 Å². The summed E-state index contributed by atoms with van der Waals surface area (Å²) in [5.41, 5.74) is 1.17. The number of rotatable bonds is 2. The van der Waals surface area contributed by atoms with Gasteiger partial charge in [-0.1, -0.05) is 0 Å². The van der Waals surface area contributed by atoms with Gasteiger partial charge in [0.05, 0.1) is 25.2 Å². The zero-order chi connectivity index (χ0) is 11.4. The molecule has 0 saturated heterocycles. The van der Waals surface area contributed by atoms with E-state index in [1.807, 2.05) is 6.07 Å². The van der Waals surface area contributed by atoms with Crippen molar-refractivity contribution in [3.63, 3.8) is 0 Å². The molecule has 78 valence electrons. The molecule has 0 bridgehead atoms. The van der Waals surface area contributed by atoms with Gasteiger partial charge in [-0.3, -0.25) is 4.79 Å². The number of benzene rings is 1. The summed E-state index contributed by atoms with van der Waals surface area (Å²) in [6.07, 6.45) is 0.108. The van der Waals surface area contributed by atoms with Crippen LogP contribution in [0.4, 0.5) is 0 Å². The van der Waals surface area contributed by atoms with Gasteiger partial charge in [0.25, 0.3) is 0 Å². The molecule has 1 aromatic rings. The van der Waals surface area contributed by atoms with E-state index in [0.717, 1.165) is 8.04 Å². The lowest BCUT2D eigenvalue weighted by Gasteiger charge is -2.07. The smallest absolute Gasteiger partial charge is 0.310 e. The first-order valence-electron chi connectivity index (χ1n) is 4.04. The van der Waals surface area contributed by atoms with Crippen molar-refractivity contribution in [3.05, 3.63) is 31.3 Å². The molecule has 0 heterocycles. The molecule has 0 saturated carbocycles. The van der Waals surface area contributed by atoms with Crippen molar-refractivity contribution < 1.29 is 9.53 Å². The molecule has 1 aromatic carbocycles. The minimum Gasteiger partial charge on any atom is -0.469 e. The van der Waals surface area contributed by atoms with Crippen molar-refractivity contribution in [1.29, 1.82) is 5.26 Å². The lowest BCUT2D eigenvalue weighted by molar-refractivity contribution is -0.139. The molecule has 3 nitrogen and oxygen atoms in total. The zero-order valence-electron chi connectivity index (χ0n) is 7.88. The van der Waals surface area contributed by atoms with Gasteiger partial charge < -0.3 is 4.74 Å². The summed E-state index contributed by atoms with van der Waals surface area (Å²) >= 11 is 5.50. The number of carbonyl (C=O) groups is 1. The molecule has 0 atom stereocenters. The highest BCUT2D eigenvalue weighted by Crippen LogP contribution is 2.26. The number of halogens is 2. The van der Waals surface area contributed by atoms with E-state index in [9.17, 15) is 4.79 Å². The van der Waals surface area contributed by atoms with Crippen molar-refractivity contribution >= 4 is 44.5 Å². The fourth-order valence-corrected chi connectivity index (χ4v) is 2.08. The Balaban J connectivity index is 3.19. The Bertz CT molecular complexity index is 440. The molecule has 0 aromatic heterocycles. The predicted octanol–water partition coefficient (Wildman–Crippen LogP) is 2.64. The molecule has 0 N–H and O–H groups in total. The molecule has 15 heavy (non-hydrogen) atoms. The topological polar surface area (TPSA) is 50.1 Å². The first-order valence-corrected chi connectivity index (χ1v) is 5.91. The van der Waals surface area contributed by atoms with E-state index in [-0.39, 0.29) is 12.4 Å². The molecule has 0 aliphatic heterocycles. The van der Waals surface area contributed by atoms with Crippen LogP contribution in [0.5, 0.6) is 0 Å².